The Kier molecular flexibility index (Phi) is 21.3. The summed E-state index contributed by atoms with van der Waals surface area (Å²) in [4.78, 5) is 11.7. The van der Waals surface area contributed by atoms with Crippen LogP contribution in [0.1, 0.15) is 93.9 Å². The van der Waals surface area contributed by atoms with E-state index in [1.54, 1.807) is 18.0 Å². The summed E-state index contributed by atoms with van der Waals surface area (Å²) in [5.74, 6) is 0.114. The Bertz CT molecular complexity index is 991. The molecular formula is C34H52ClN3OS. The lowest BCUT2D eigenvalue weighted by molar-refractivity contribution is -0.120. The van der Waals surface area contributed by atoms with Crippen molar-refractivity contribution in [3.05, 3.63) is 93.5 Å². The van der Waals surface area contributed by atoms with Crippen LogP contribution in [0.4, 0.5) is 0 Å². The van der Waals surface area contributed by atoms with E-state index in [-0.39, 0.29) is 5.91 Å². The van der Waals surface area contributed by atoms with Crippen LogP contribution in [0.15, 0.2) is 71.8 Å². The largest absolute Gasteiger partial charge is 0.333 e. The number of rotatable bonds is 14. The van der Waals surface area contributed by atoms with Crippen molar-refractivity contribution >= 4 is 29.3 Å². The summed E-state index contributed by atoms with van der Waals surface area (Å²) >= 11 is 7.64. The first kappa shape index (κ1) is 36.0. The van der Waals surface area contributed by atoms with Gasteiger partial charge < -0.3 is 16.4 Å². The van der Waals surface area contributed by atoms with Gasteiger partial charge in [-0.15, -0.1) is 11.8 Å². The van der Waals surface area contributed by atoms with Crippen molar-refractivity contribution in [1.82, 2.24) is 10.6 Å². The minimum absolute atomic E-state index is 0.114. The molecule has 0 aromatic heterocycles. The topological polar surface area (TPSA) is 67.2 Å². The minimum Gasteiger partial charge on any atom is -0.333 e. The molecule has 2 aromatic carbocycles. The fourth-order valence-corrected chi connectivity index (χ4v) is 5.43. The second-order valence-corrected chi connectivity index (χ2v) is 11.0. The number of carbonyl (C=O) groups excluding carboxylic acids is 1. The quantitative estimate of drug-likeness (QED) is 0.194. The summed E-state index contributed by atoms with van der Waals surface area (Å²) in [6.07, 6.45) is 19.7. The van der Waals surface area contributed by atoms with Gasteiger partial charge in [-0.25, -0.2) is 0 Å². The lowest BCUT2D eigenvalue weighted by atomic mass is 9.85. The lowest BCUT2D eigenvalue weighted by Crippen LogP contribution is -2.23. The fraction of sp³-hybridized carbons (Fsp3) is 0.500. The van der Waals surface area contributed by atoms with Crippen LogP contribution in [0.5, 0.6) is 0 Å². The molecule has 0 aliphatic heterocycles. The summed E-state index contributed by atoms with van der Waals surface area (Å²) < 4.78 is 0. The molecule has 0 fully saturated rings. The lowest BCUT2D eigenvalue weighted by Gasteiger charge is -2.28. The average molecular weight is 586 g/mol. The molecular weight excluding hydrogens is 534 g/mol. The van der Waals surface area contributed by atoms with Crippen molar-refractivity contribution in [2.24, 2.45) is 5.73 Å². The Morgan fingerprint density at radius 3 is 2.27 bits per heavy atom. The third-order valence-corrected chi connectivity index (χ3v) is 7.65. The molecule has 2 aromatic rings. The van der Waals surface area contributed by atoms with Crippen LogP contribution < -0.4 is 16.4 Å². The Morgan fingerprint density at radius 1 is 0.975 bits per heavy atom. The van der Waals surface area contributed by atoms with Crippen molar-refractivity contribution in [1.29, 1.82) is 0 Å². The van der Waals surface area contributed by atoms with Gasteiger partial charge in [-0.05, 0) is 85.8 Å². The second-order valence-electron chi connectivity index (χ2n) is 9.87. The molecule has 6 heteroatoms. The summed E-state index contributed by atoms with van der Waals surface area (Å²) in [5.41, 5.74) is 10.1. The van der Waals surface area contributed by atoms with E-state index in [0.29, 0.717) is 12.5 Å². The molecule has 0 heterocycles. The number of carbonyl (C=O) groups is 1. The minimum atomic E-state index is 0.114. The van der Waals surface area contributed by atoms with Crippen molar-refractivity contribution < 1.29 is 4.79 Å². The summed E-state index contributed by atoms with van der Waals surface area (Å²) in [6, 6.07) is 16.9. The maximum Gasteiger partial charge on any atom is 0.223 e. The normalized spacial score (nSPS) is 15.1. The van der Waals surface area contributed by atoms with E-state index in [1.165, 1.54) is 80.7 Å². The number of likely N-dealkylation sites (N-methyl/N-ethyl adjacent to an activating group) is 1. The van der Waals surface area contributed by atoms with Crippen LogP contribution in [-0.2, 0) is 17.6 Å². The number of halogens is 1. The average Bonchev–Trinajstić information content (AvgIpc) is 2.99. The Hall–Kier alpha value is -2.05. The smallest absolute Gasteiger partial charge is 0.223 e. The predicted octanol–water partition coefficient (Wildman–Crippen LogP) is 8.76. The number of nitrogens with one attached hydrogen (secondary N) is 2. The van der Waals surface area contributed by atoms with Gasteiger partial charge in [0.25, 0.3) is 0 Å². The monoisotopic (exact) mass is 585 g/mol. The molecule has 1 aliphatic carbocycles. The number of amides is 1. The number of thioether (sulfide) groups is 1. The molecule has 1 atom stereocenters. The number of benzene rings is 2. The van der Waals surface area contributed by atoms with Gasteiger partial charge in [0.15, 0.2) is 0 Å². The van der Waals surface area contributed by atoms with E-state index in [9.17, 15) is 4.79 Å². The number of hydrogen-bond acceptors (Lipinski definition) is 4. The Labute approximate surface area is 253 Å². The van der Waals surface area contributed by atoms with E-state index < -0.39 is 0 Å². The fourth-order valence-electron chi connectivity index (χ4n) is 4.74. The highest BCUT2D eigenvalue weighted by molar-refractivity contribution is 8.01. The Morgan fingerprint density at radius 2 is 1.62 bits per heavy atom. The molecule has 0 bridgehead atoms. The molecule has 0 saturated heterocycles. The number of unbranched alkanes of at least 4 members (excludes halogenated alkanes) is 7. The van der Waals surface area contributed by atoms with Gasteiger partial charge in [0, 0.05) is 17.6 Å². The first-order valence-corrected chi connectivity index (χ1v) is 16.5. The molecule has 1 aliphatic rings. The van der Waals surface area contributed by atoms with Crippen molar-refractivity contribution in [2.75, 3.05) is 20.4 Å². The number of fused-ring (bicyclic) bond motifs is 1. The second kappa shape index (κ2) is 23.6. The van der Waals surface area contributed by atoms with Gasteiger partial charge in [0.1, 0.15) is 0 Å². The molecule has 4 N–H and O–H groups in total. The molecule has 3 rings (SSSR count). The number of allylic oxidation sites excluding steroid dienone is 1. The van der Waals surface area contributed by atoms with E-state index >= 15 is 0 Å². The molecule has 0 saturated carbocycles. The third kappa shape index (κ3) is 15.1. The van der Waals surface area contributed by atoms with Crippen LogP contribution in [0, 0.1) is 0 Å². The number of aryl methyl sites for hydroxylation is 1. The molecule has 4 nitrogen and oxygen atoms in total. The van der Waals surface area contributed by atoms with E-state index in [4.69, 9.17) is 11.6 Å². The zero-order valence-electron chi connectivity index (χ0n) is 25.2. The molecule has 1 amide bonds. The molecule has 40 heavy (non-hydrogen) atoms. The van der Waals surface area contributed by atoms with Gasteiger partial charge in [0.05, 0.1) is 6.04 Å². The molecule has 1 unspecified atom stereocenters. The van der Waals surface area contributed by atoms with Crippen LogP contribution in [0.25, 0.3) is 0 Å². The van der Waals surface area contributed by atoms with Gasteiger partial charge in [-0.2, -0.15) is 0 Å². The third-order valence-electron chi connectivity index (χ3n) is 6.86. The number of hydrogen-bond donors (Lipinski definition) is 3. The van der Waals surface area contributed by atoms with Crippen molar-refractivity contribution in [2.45, 2.75) is 90.0 Å². The van der Waals surface area contributed by atoms with Crippen molar-refractivity contribution in [3.63, 3.8) is 0 Å². The molecule has 222 valence electrons. The van der Waals surface area contributed by atoms with Crippen LogP contribution in [-0.4, -0.2) is 26.3 Å². The summed E-state index contributed by atoms with van der Waals surface area (Å²) in [7, 11) is 3.54. The first-order valence-electron chi connectivity index (χ1n) is 14.8. The van der Waals surface area contributed by atoms with Crippen molar-refractivity contribution in [3.8, 4) is 0 Å². The van der Waals surface area contributed by atoms with Gasteiger partial charge >= 0.3 is 0 Å². The van der Waals surface area contributed by atoms with Crippen LogP contribution >= 0.6 is 23.4 Å². The summed E-state index contributed by atoms with van der Waals surface area (Å²) in [6.45, 7) is 2.24. The first-order chi connectivity index (χ1) is 19.6. The van der Waals surface area contributed by atoms with E-state index in [1.807, 2.05) is 37.4 Å². The maximum atomic E-state index is 11.7. The van der Waals surface area contributed by atoms with Gasteiger partial charge in [-0.1, -0.05) is 106 Å². The Balaban J connectivity index is 0.000000404. The highest BCUT2D eigenvalue weighted by Gasteiger charge is 2.22. The zero-order chi connectivity index (χ0) is 29.4. The SMILES string of the molecule is CCCCCCCCCCC(=O)N/C=C\Cc1ccc(Cl)cc1.CN.CNC1/C(=C\SC)CCc2ccccc21. The highest BCUT2D eigenvalue weighted by atomic mass is 35.5. The maximum absolute atomic E-state index is 11.7. The highest BCUT2D eigenvalue weighted by Crippen LogP contribution is 2.34. The summed E-state index contributed by atoms with van der Waals surface area (Å²) in [5, 5.41) is 9.29. The van der Waals surface area contributed by atoms with E-state index in [0.717, 1.165) is 24.3 Å². The van der Waals surface area contributed by atoms with Crippen LogP contribution in [0.2, 0.25) is 5.02 Å². The van der Waals surface area contributed by atoms with Crippen LogP contribution in [0.3, 0.4) is 0 Å². The van der Waals surface area contributed by atoms with Gasteiger partial charge in [-0.3, -0.25) is 4.79 Å². The molecule has 0 spiro atoms. The standard InChI is InChI=1S/C20H30ClNO.C13H17NS.CH5N/c1-2-3-4-5-6-7-8-9-12-20(23)22-17-10-11-18-13-15-19(21)16-14-18;1-14-13-11(9-15-2)8-7-10-5-3-4-6-12(10)13;1-2/h10,13-17H,2-9,11-12H2,1H3,(H,22,23);3-6,9,13-14H,7-8H2,1-2H3;2H2,1H3/b17-10-;11-9-;. The molecule has 0 radical (unpaired) electrons. The number of nitrogens with two attached hydrogens (primary N) is 1. The zero-order valence-corrected chi connectivity index (χ0v) is 26.8. The van der Waals surface area contributed by atoms with Gasteiger partial charge in [0.2, 0.25) is 5.91 Å². The predicted molar refractivity (Wildman–Crippen MR) is 178 cm³/mol. The van der Waals surface area contributed by atoms with E-state index in [2.05, 4.69) is 59.2 Å².